The first-order chi connectivity index (χ1) is 11.2. The lowest BCUT2D eigenvalue weighted by atomic mass is 10.1. The Morgan fingerprint density at radius 1 is 0.958 bits per heavy atom. The van der Waals surface area contributed by atoms with E-state index in [-0.39, 0.29) is 0 Å². The minimum atomic E-state index is -3.49. The van der Waals surface area contributed by atoms with Crippen molar-refractivity contribution in [1.29, 1.82) is 0 Å². The molecule has 0 aliphatic rings. The number of hydrogen-bond acceptors (Lipinski definition) is 3. The highest BCUT2D eigenvalue weighted by atomic mass is 32.2. The summed E-state index contributed by atoms with van der Waals surface area (Å²) >= 11 is 0. The summed E-state index contributed by atoms with van der Waals surface area (Å²) in [5, 5.41) is 0. The van der Waals surface area contributed by atoms with Crippen LogP contribution >= 0.6 is 0 Å². The van der Waals surface area contributed by atoms with E-state index in [1.165, 1.54) is 0 Å². The van der Waals surface area contributed by atoms with Gasteiger partial charge in [0.1, 0.15) is 0 Å². The highest BCUT2D eigenvalue weighted by molar-refractivity contribution is 7.89. The van der Waals surface area contributed by atoms with Gasteiger partial charge in [-0.3, -0.25) is 0 Å². The number of anilines is 1. The molecule has 0 radical (unpaired) electrons. The molecule has 0 saturated heterocycles. The predicted octanol–water partition coefficient (Wildman–Crippen LogP) is 3.20. The van der Waals surface area contributed by atoms with Gasteiger partial charge >= 0.3 is 0 Å². The lowest BCUT2D eigenvalue weighted by molar-refractivity contribution is 0.580. The largest absolute Gasteiger partial charge is 0.378 e. The number of nitrogens with one attached hydrogen (secondary N) is 1. The Bertz CT molecular complexity index is 787. The first-order valence-corrected chi connectivity index (χ1v) is 9.53. The molecule has 24 heavy (non-hydrogen) atoms. The van der Waals surface area contributed by atoms with Crippen LogP contribution in [0.1, 0.15) is 22.3 Å². The van der Waals surface area contributed by atoms with Crippen LogP contribution in [0.15, 0.2) is 41.3 Å². The second-order valence-corrected chi connectivity index (χ2v) is 8.14. The first kappa shape index (κ1) is 18.5. The minimum Gasteiger partial charge on any atom is -0.378 e. The molecule has 2 aromatic rings. The van der Waals surface area contributed by atoms with Gasteiger partial charge in [0.05, 0.1) is 4.90 Å². The molecule has 0 bridgehead atoms. The quantitative estimate of drug-likeness (QED) is 0.874. The molecule has 0 aliphatic carbocycles. The van der Waals surface area contributed by atoms with Crippen molar-refractivity contribution in [3.63, 3.8) is 0 Å². The maximum absolute atomic E-state index is 12.6. The molecule has 1 N–H and O–H groups in total. The maximum atomic E-state index is 12.6. The SMILES string of the molecule is Cc1cc(C)c(S(=O)(=O)NCCc2ccc(N(C)C)cc2)c(C)c1. The summed E-state index contributed by atoms with van der Waals surface area (Å²) in [6.45, 7) is 6.04. The summed E-state index contributed by atoms with van der Waals surface area (Å²) in [6, 6.07) is 12.0. The van der Waals surface area contributed by atoms with Crippen LogP contribution in [0, 0.1) is 20.8 Å². The second kappa shape index (κ2) is 7.36. The third-order valence-corrected chi connectivity index (χ3v) is 5.80. The summed E-state index contributed by atoms with van der Waals surface area (Å²) in [6.07, 6.45) is 0.664. The summed E-state index contributed by atoms with van der Waals surface area (Å²) in [4.78, 5) is 2.44. The molecule has 0 aromatic heterocycles. The molecule has 0 aliphatic heterocycles. The van der Waals surface area contributed by atoms with E-state index in [0.29, 0.717) is 17.9 Å². The van der Waals surface area contributed by atoms with Crippen molar-refractivity contribution in [2.75, 3.05) is 25.5 Å². The van der Waals surface area contributed by atoms with Crippen molar-refractivity contribution in [2.24, 2.45) is 0 Å². The van der Waals surface area contributed by atoms with Crippen LogP contribution in [0.25, 0.3) is 0 Å². The zero-order chi connectivity index (χ0) is 17.9. The predicted molar refractivity (Wildman–Crippen MR) is 100 cm³/mol. The molecule has 0 fully saturated rings. The average molecular weight is 346 g/mol. The molecular weight excluding hydrogens is 320 g/mol. The summed E-state index contributed by atoms with van der Waals surface area (Å²) in [7, 11) is 0.502. The van der Waals surface area contributed by atoms with Crippen LogP contribution in [0.5, 0.6) is 0 Å². The summed E-state index contributed by atoms with van der Waals surface area (Å²) < 4.78 is 27.9. The van der Waals surface area contributed by atoms with Gasteiger partial charge in [0.2, 0.25) is 10.0 Å². The fourth-order valence-corrected chi connectivity index (χ4v) is 4.43. The van der Waals surface area contributed by atoms with E-state index < -0.39 is 10.0 Å². The third kappa shape index (κ3) is 4.36. The van der Waals surface area contributed by atoms with E-state index in [1.807, 2.05) is 76.2 Å². The first-order valence-electron chi connectivity index (χ1n) is 8.04. The smallest absolute Gasteiger partial charge is 0.241 e. The highest BCUT2D eigenvalue weighted by Crippen LogP contribution is 2.21. The monoisotopic (exact) mass is 346 g/mol. The number of nitrogens with zero attached hydrogens (tertiary/aromatic N) is 1. The van der Waals surface area contributed by atoms with Gasteiger partial charge in [-0.05, 0) is 56.0 Å². The number of rotatable bonds is 6. The van der Waals surface area contributed by atoms with E-state index in [2.05, 4.69) is 4.72 Å². The Morgan fingerprint density at radius 3 is 2.00 bits per heavy atom. The lowest BCUT2D eigenvalue weighted by Crippen LogP contribution is -2.27. The molecule has 2 rings (SSSR count). The standard InChI is InChI=1S/C19H26N2O2S/c1-14-12-15(2)19(16(3)13-14)24(22,23)20-11-10-17-6-8-18(9-7-17)21(4)5/h6-9,12-13,20H,10-11H2,1-5H3. The van der Waals surface area contributed by atoms with Gasteiger partial charge < -0.3 is 4.90 Å². The molecule has 0 amide bonds. The molecule has 2 aromatic carbocycles. The van der Waals surface area contributed by atoms with Crippen molar-refractivity contribution >= 4 is 15.7 Å². The molecule has 0 saturated carbocycles. The van der Waals surface area contributed by atoms with Crippen molar-refractivity contribution in [2.45, 2.75) is 32.1 Å². The van der Waals surface area contributed by atoms with E-state index in [0.717, 1.165) is 27.9 Å². The summed E-state index contributed by atoms with van der Waals surface area (Å²) in [5.41, 5.74) is 4.89. The van der Waals surface area contributed by atoms with E-state index in [1.54, 1.807) is 0 Å². The number of benzene rings is 2. The number of aryl methyl sites for hydroxylation is 3. The Morgan fingerprint density at radius 2 is 1.50 bits per heavy atom. The van der Waals surface area contributed by atoms with Gasteiger partial charge in [-0.2, -0.15) is 0 Å². The second-order valence-electron chi connectivity index (χ2n) is 6.44. The van der Waals surface area contributed by atoms with Crippen LogP contribution in [-0.4, -0.2) is 29.1 Å². The average Bonchev–Trinajstić information content (AvgIpc) is 2.46. The lowest BCUT2D eigenvalue weighted by Gasteiger charge is -2.14. The fraction of sp³-hybridized carbons (Fsp3) is 0.368. The molecule has 0 heterocycles. The Hall–Kier alpha value is -1.85. The molecule has 4 nitrogen and oxygen atoms in total. The van der Waals surface area contributed by atoms with Crippen LogP contribution in [0.3, 0.4) is 0 Å². The van der Waals surface area contributed by atoms with Crippen LogP contribution in [-0.2, 0) is 16.4 Å². The van der Waals surface area contributed by atoms with E-state index in [9.17, 15) is 8.42 Å². The van der Waals surface area contributed by atoms with Crippen LogP contribution in [0.4, 0.5) is 5.69 Å². The highest BCUT2D eigenvalue weighted by Gasteiger charge is 2.19. The van der Waals surface area contributed by atoms with Crippen LogP contribution < -0.4 is 9.62 Å². The van der Waals surface area contributed by atoms with E-state index >= 15 is 0 Å². The van der Waals surface area contributed by atoms with Crippen molar-refractivity contribution in [3.8, 4) is 0 Å². The van der Waals surface area contributed by atoms with E-state index in [4.69, 9.17) is 0 Å². The Kier molecular flexibility index (Phi) is 5.67. The third-order valence-electron chi connectivity index (χ3n) is 4.03. The minimum absolute atomic E-state index is 0.385. The molecule has 5 heteroatoms. The van der Waals surface area contributed by atoms with Gasteiger partial charge in [-0.25, -0.2) is 13.1 Å². The Balaban J connectivity index is 2.06. The topological polar surface area (TPSA) is 49.4 Å². The molecule has 130 valence electrons. The number of hydrogen-bond donors (Lipinski definition) is 1. The van der Waals surface area contributed by atoms with Gasteiger partial charge in [-0.15, -0.1) is 0 Å². The van der Waals surface area contributed by atoms with Gasteiger partial charge in [-0.1, -0.05) is 29.8 Å². The zero-order valence-electron chi connectivity index (χ0n) is 15.1. The van der Waals surface area contributed by atoms with Crippen LogP contribution in [0.2, 0.25) is 0 Å². The van der Waals surface area contributed by atoms with Crippen molar-refractivity contribution < 1.29 is 8.42 Å². The summed E-state index contributed by atoms with van der Waals surface area (Å²) in [5.74, 6) is 0. The zero-order valence-corrected chi connectivity index (χ0v) is 15.9. The normalized spacial score (nSPS) is 11.5. The van der Waals surface area contributed by atoms with Crippen molar-refractivity contribution in [1.82, 2.24) is 4.72 Å². The molecule has 0 unspecified atom stereocenters. The van der Waals surface area contributed by atoms with Gasteiger partial charge in [0.15, 0.2) is 0 Å². The van der Waals surface area contributed by atoms with Gasteiger partial charge in [0, 0.05) is 26.3 Å². The maximum Gasteiger partial charge on any atom is 0.241 e. The van der Waals surface area contributed by atoms with Gasteiger partial charge in [0.25, 0.3) is 0 Å². The molecule has 0 spiro atoms. The number of sulfonamides is 1. The Labute approximate surface area is 145 Å². The molecule has 0 atom stereocenters. The fourth-order valence-electron chi connectivity index (χ4n) is 2.95. The van der Waals surface area contributed by atoms with Crippen molar-refractivity contribution in [3.05, 3.63) is 58.7 Å². The molecular formula is C19H26N2O2S.